The Kier molecular flexibility index (Phi) is 7.85. The number of carbonyl (C=O) groups excluding carboxylic acids is 2. The molecule has 0 bridgehead atoms. The van der Waals surface area contributed by atoms with Gasteiger partial charge in [-0.3, -0.25) is 15.0 Å². The average Bonchev–Trinajstić information content (AvgIpc) is 2.68. The number of nitrogens with one attached hydrogen (secondary N) is 1. The number of rotatable bonds is 6. The van der Waals surface area contributed by atoms with Gasteiger partial charge in [-0.1, -0.05) is 68.9 Å². The molecule has 2 N–H and O–H groups in total. The first-order chi connectivity index (χ1) is 14.1. The Morgan fingerprint density at radius 2 is 1.60 bits per heavy atom. The summed E-state index contributed by atoms with van der Waals surface area (Å²) in [4.78, 5) is 26.6. The van der Waals surface area contributed by atoms with Crippen molar-refractivity contribution in [2.45, 2.75) is 60.4 Å². The highest BCUT2D eigenvalue weighted by Crippen LogP contribution is 2.28. The van der Waals surface area contributed by atoms with E-state index in [1.165, 1.54) is 5.01 Å². The number of aryl methyl sites for hydroxylation is 2. The van der Waals surface area contributed by atoms with Gasteiger partial charge >= 0.3 is 7.48 Å². The number of amides is 2. The minimum Gasteiger partial charge on any atom is -0.449 e. The van der Waals surface area contributed by atoms with Crippen LogP contribution in [0.3, 0.4) is 0 Å². The number of hydrazine groups is 1. The van der Waals surface area contributed by atoms with Crippen molar-refractivity contribution in [3.63, 3.8) is 0 Å². The lowest BCUT2D eigenvalue weighted by atomic mass is 9.83. The minimum absolute atomic E-state index is 0.0815. The van der Waals surface area contributed by atoms with E-state index in [0.717, 1.165) is 29.4 Å². The Bertz CT molecular complexity index is 868. The van der Waals surface area contributed by atoms with Crippen LogP contribution in [0.25, 0.3) is 0 Å². The zero-order valence-electron chi connectivity index (χ0n) is 19.0. The van der Waals surface area contributed by atoms with Crippen molar-refractivity contribution in [1.29, 1.82) is 0 Å². The molecule has 2 aromatic rings. The third kappa shape index (κ3) is 5.96. The van der Waals surface area contributed by atoms with E-state index in [0.29, 0.717) is 11.1 Å². The summed E-state index contributed by atoms with van der Waals surface area (Å²) in [6.45, 7) is 12.2. The fraction of sp³-hybridized carbons (Fsp3) is 0.417. The summed E-state index contributed by atoms with van der Waals surface area (Å²) in [6.07, 6.45) is 1.66. The lowest BCUT2D eigenvalue weighted by Crippen LogP contribution is -2.56. The van der Waals surface area contributed by atoms with Gasteiger partial charge in [-0.25, -0.2) is 5.01 Å². The van der Waals surface area contributed by atoms with E-state index in [-0.39, 0.29) is 30.8 Å². The van der Waals surface area contributed by atoms with Crippen LogP contribution in [0.5, 0.6) is 0 Å². The van der Waals surface area contributed by atoms with Crippen molar-refractivity contribution >= 4 is 24.8 Å². The summed E-state index contributed by atoms with van der Waals surface area (Å²) in [5.41, 5.74) is 6.40. The van der Waals surface area contributed by atoms with Gasteiger partial charge in [-0.05, 0) is 49.9 Å². The van der Waals surface area contributed by atoms with Crippen LogP contribution in [-0.4, -0.2) is 35.4 Å². The second-order valence-corrected chi connectivity index (χ2v) is 9.02. The Morgan fingerprint density at radius 1 is 1.03 bits per heavy atom. The smallest absolute Gasteiger partial charge is 0.304 e. The van der Waals surface area contributed by atoms with E-state index >= 15 is 0 Å². The predicted octanol–water partition coefficient (Wildman–Crippen LogP) is 3.27. The maximum absolute atomic E-state index is 13.6. The molecule has 0 aliphatic carbocycles. The first kappa shape index (κ1) is 23.7. The van der Waals surface area contributed by atoms with E-state index in [4.69, 9.17) is 0 Å². The molecule has 2 aromatic carbocycles. The largest absolute Gasteiger partial charge is 0.449 e. The summed E-state index contributed by atoms with van der Waals surface area (Å²) in [5, 5.41) is 10.7. The average molecular weight is 408 g/mol. The molecule has 0 spiro atoms. The molecule has 160 valence electrons. The lowest BCUT2D eigenvalue weighted by molar-refractivity contribution is 0.0271. The van der Waals surface area contributed by atoms with Crippen LogP contribution in [-0.2, 0) is 0 Å². The Labute approximate surface area is 180 Å². The quantitative estimate of drug-likeness (QED) is 0.570. The van der Waals surface area contributed by atoms with Gasteiger partial charge < -0.3 is 5.02 Å². The molecular formula is C24H33BN2O3. The standard InChI is InChI=1S/C24H33BN2O3/c1-7-8-21(24(4,5)6)27(23(29)19-14-16(2)13-17(3)15-19)26-22(28)18-9-11-20(25-30)12-10-18/h9-15,21,25,30H,7-8H2,1-6H3,(H,26,28)/t21-/m1/s1. The zero-order valence-corrected chi connectivity index (χ0v) is 19.0. The van der Waals surface area contributed by atoms with E-state index in [2.05, 4.69) is 33.1 Å². The van der Waals surface area contributed by atoms with Crippen LogP contribution >= 0.6 is 0 Å². The zero-order chi connectivity index (χ0) is 22.5. The highest BCUT2D eigenvalue weighted by molar-refractivity contribution is 6.45. The highest BCUT2D eigenvalue weighted by Gasteiger charge is 2.35. The minimum atomic E-state index is -0.345. The van der Waals surface area contributed by atoms with Crippen LogP contribution in [0.2, 0.25) is 0 Å². The van der Waals surface area contributed by atoms with E-state index < -0.39 is 0 Å². The van der Waals surface area contributed by atoms with E-state index in [1.807, 2.05) is 32.0 Å². The Hall–Kier alpha value is -2.60. The van der Waals surface area contributed by atoms with Crippen LogP contribution < -0.4 is 10.9 Å². The molecule has 0 saturated carbocycles. The van der Waals surface area contributed by atoms with Crippen molar-refractivity contribution in [2.24, 2.45) is 5.41 Å². The molecule has 0 fully saturated rings. The molecule has 0 aromatic heterocycles. The van der Waals surface area contributed by atoms with Gasteiger partial charge in [0.05, 0.1) is 6.04 Å². The Morgan fingerprint density at radius 3 is 2.07 bits per heavy atom. The SMILES string of the molecule is CCC[C@@H](N(NC(=O)c1ccc(BO)cc1)C(=O)c1cc(C)cc(C)c1)C(C)(C)C. The highest BCUT2D eigenvalue weighted by atomic mass is 16.2. The monoisotopic (exact) mass is 408 g/mol. The molecule has 0 unspecified atom stereocenters. The molecule has 1 atom stereocenters. The maximum Gasteiger partial charge on any atom is 0.304 e. The van der Waals surface area contributed by atoms with Gasteiger partial charge in [0.2, 0.25) is 0 Å². The van der Waals surface area contributed by atoms with Crippen LogP contribution in [0, 0.1) is 19.3 Å². The summed E-state index contributed by atoms with van der Waals surface area (Å²) < 4.78 is 0. The summed E-state index contributed by atoms with van der Waals surface area (Å²) in [5.74, 6) is -0.557. The van der Waals surface area contributed by atoms with Gasteiger partial charge in [0.15, 0.2) is 0 Å². The van der Waals surface area contributed by atoms with Gasteiger partial charge in [-0.15, -0.1) is 0 Å². The topological polar surface area (TPSA) is 69.6 Å². The third-order valence-corrected chi connectivity index (χ3v) is 5.18. The van der Waals surface area contributed by atoms with Crippen molar-refractivity contribution in [1.82, 2.24) is 10.4 Å². The van der Waals surface area contributed by atoms with Crippen LogP contribution in [0.4, 0.5) is 0 Å². The number of benzene rings is 2. The van der Waals surface area contributed by atoms with Crippen LogP contribution in [0.1, 0.15) is 72.4 Å². The molecule has 2 amide bonds. The molecule has 0 aliphatic heterocycles. The fourth-order valence-electron chi connectivity index (χ4n) is 3.67. The summed E-state index contributed by atoms with van der Waals surface area (Å²) in [7, 11) is -0.0815. The maximum atomic E-state index is 13.6. The van der Waals surface area contributed by atoms with Gasteiger partial charge in [0, 0.05) is 11.1 Å². The molecule has 2 rings (SSSR count). The van der Waals surface area contributed by atoms with Gasteiger partial charge in [0.25, 0.3) is 11.8 Å². The van der Waals surface area contributed by atoms with Gasteiger partial charge in [0.1, 0.15) is 0 Å². The molecule has 0 radical (unpaired) electrons. The predicted molar refractivity (Wildman–Crippen MR) is 123 cm³/mol. The Balaban J connectivity index is 2.43. The normalized spacial score (nSPS) is 12.2. The second-order valence-electron chi connectivity index (χ2n) is 9.02. The van der Waals surface area contributed by atoms with Crippen molar-refractivity contribution in [3.8, 4) is 0 Å². The molecule has 6 heteroatoms. The first-order valence-corrected chi connectivity index (χ1v) is 10.5. The number of nitrogens with zero attached hydrogens (tertiary/aromatic N) is 1. The number of hydrogen-bond donors (Lipinski definition) is 2. The second kappa shape index (κ2) is 9.94. The van der Waals surface area contributed by atoms with Crippen molar-refractivity contribution in [3.05, 3.63) is 64.7 Å². The number of carbonyl (C=O) groups is 2. The summed E-state index contributed by atoms with van der Waals surface area (Å²) >= 11 is 0. The molecule has 0 aliphatic rings. The molecule has 0 saturated heterocycles. The lowest BCUT2D eigenvalue weighted by Gasteiger charge is -2.40. The fourth-order valence-corrected chi connectivity index (χ4v) is 3.67. The van der Waals surface area contributed by atoms with E-state index in [9.17, 15) is 14.6 Å². The molecule has 30 heavy (non-hydrogen) atoms. The third-order valence-electron chi connectivity index (χ3n) is 5.18. The number of hydrogen-bond acceptors (Lipinski definition) is 3. The molecular weight excluding hydrogens is 375 g/mol. The van der Waals surface area contributed by atoms with E-state index in [1.54, 1.807) is 24.3 Å². The first-order valence-electron chi connectivity index (χ1n) is 10.5. The van der Waals surface area contributed by atoms with Crippen molar-refractivity contribution in [2.75, 3.05) is 0 Å². The molecule has 0 heterocycles. The van der Waals surface area contributed by atoms with Gasteiger partial charge in [-0.2, -0.15) is 0 Å². The van der Waals surface area contributed by atoms with Crippen molar-refractivity contribution < 1.29 is 14.6 Å². The summed E-state index contributed by atoms with van der Waals surface area (Å²) in [6, 6.07) is 12.3. The van der Waals surface area contributed by atoms with Crippen LogP contribution in [0.15, 0.2) is 42.5 Å². The molecule has 5 nitrogen and oxygen atoms in total.